The van der Waals surface area contributed by atoms with Crippen LogP contribution in [0.3, 0.4) is 0 Å². The number of carbonyl (C=O) groups is 1. The highest BCUT2D eigenvalue weighted by Crippen LogP contribution is 2.28. The van der Waals surface area contributed by atoms with E-state index in [0.29, 0.717) is 18.7 Å². The first kappa shape index (κ1) is 18.3. The maximum Gasteiger partial charge on any atom is 0.270 e. The van der Waals surface area contributed by atoms with Crippen LogP contribution in [0.15, 0.2) is 53.7 Å². The molecule has 1 saturated heterocycles. The van der Waals surface area contributed by atoms with Gasteiger partial charge in [-0.05, 0) is 24.5 Å². The number of sulfonamides is 1. The fraction of sp³-hybridized carbons (Fsp3) is 0.263. The largest absolute Gasteiger partial charge is 0.356 e. The Bertz CT molecular complexity index is 1100. The Balaban J connectivity index is 1.60. The van der Waals surface area contributed by atoms with Gasteiger partial charge in [-0.25, -0.2) is 8.42 Å². The summed E-state index contributed by atoms with van der Waals surface area (Å²) in [7, 11) is -2.17. The lowest BCUT2D eigenvalue weighted by atomic mass is 10.1. The maximum absolute atomic E-state index is 12.8. The first-order valence-corrected chi connectivity index (χ1v) is 10.5. The fourth-order valence-corrected chi connectivity index (χ4v) is 4.33. The van der Waals surface area contributed by atoms with Crippen LogP contribution in [0.2, 0.25) is 0 Å². The zero-order valence-electron chi connectivity index (χ0n) is 15.4. The van der Waals surface area contributed by atoms with Gasteiger partial charge in [-0.1, -0.05) is 30.3 Å². The number of benzene rings is 1. The van der Waals surface area contributed by atoms with Crippen molar-refractivity contribution in [2.75, 3.05) is 17.8 Å². The van der Waals surface area contributed by atoms with E-state index in [4.69, 9.17) is 0 Å². The summed E-state index contributed by atoms with van der Waals surface area (Å²) >= 11 is 0. The minimum Gasteiger partial charge on any atom is -0.356 e. The van der Waals surface area contributed by atoms with Gasteiger partial charge in [-0.2, -0.15) is 5.10 Å². The number of H-pyrrole nitrogens is 1. The van der Waals surface area contributed by atoms with Gasteiger partial charge >= 0.3 is 0 Å². The van der Waals surface area contributed by atoms with Crippen LogP contribution in [0.4, 0.5) is 5.82 Å². The minimum atomic E-state index is -3.89. The Kier molecular flexibility index (Phi) is 4.68. The van der Waals surface area contributed by atoms with E-state index < -0.39 is 10.0 Å². The van der Waals surface area contributed by atoms with Gasteiger partial charge in [-0.3, -0.25) is 14.2 Å². The van der Waals surface area contributed by atoms with E-state index >= 15 is 0 Å². The smallest absolute Gasteiger partial charge is 0.270 e. The van der Waals surface area contributed by atoms with Gasteiger partial charge in [0.15, 0.2) is 5.82 Å². The summed E-state index contributed by atoms with van der Waals surface area (Å²) in [4.78, 5) is 17.0. The fourth-order valence-electron chi connectivity index (χ4n) is 3.32. The number of aryl methyl sites for hydroxylation is 1. The molecule has 3 aromatic rings. The highest BCUT2D eigenvalue weighted by molar-refractivity contribution is 7.92. The number of hydrogen-bond acceptors (Lipinski definition) is 4. The van der Waals surface area contributed by atoms with Crippen molar-refractivity contribution < 1.29 is 13.2 Å². The summed E-state index contributed by atoms with van der Waals surface area (Å²) in [6, 6.07) is 10.8. The number of nitrogens with one attached hydrogen (secondary N) is 2. The molecule has 1 fully saturated rings. The Labute approximate surface area is 163 Å². The molecule has 4 rings (SSSR count). The van der Waals surface area contributed by atoms with Crippen LogP contribution >= 0.6 is 0 Å². The zero-order valence-corrected chi connectivity index (χ0v) is 16.2. The van der Waals surface area contributed by atoms with Crippen molar-refractivity contribution in [3.8, 4) is 11.1 Å². The third kappa shape index (κ3) is 3.53. The van der Waals surface area contributed by atoms with E-state index in [2.05, 4.69) is 14.8 Å². The van der Waals surface area contributed by atoms with E-state index in [1.165, 1.54) is 12.3 Å². The predicted octanol–water partition coefficient (Wildman–Crippen LogP) is 2.45. The van der Waals surface area contributed by atoms with Gasteiger partial charge in [0.25, 0.3) is 15.9 Å². The molecule has 0 spiro atoms. The molecule has 2 N–H and O–H groups in total. The van der Waals surface area contributed by atoms with Gasteiger partial charge in [0.2, 0.25) is 0 Å². The van der Waals surface area contributed by atoms with Crippen molar-refractivity contribution in [1.82, 2.24) is 19.7 Å². The molecule has 9 heteroatoms. The molecule has 8 nitrogen and oxygen atoms in total. The third-order valence-corrected chi connectivity index (χ3v) is 6.05. The molecule has 1 aliphatic heterocycles. The number of likely N-dealkylation sites (tertiary alicyclic amines) is 1. The molecule has 146 valence electrons. The maximum atomic E-state index is 12.8. The molecule has 0 saturated carbocycles. The van der Waals surface area contributed by atoms with Crippen molar-refractivity contribution in [3.63, 3.8) is 0 Å². The van der Waals surface area contributed by atoms with Gasteiger partial charge in [0.1, 0.15) is 10.6 Å². The first-order valence-electron chi connectivity index (χ1n) is 9.03. The molecule has 0 atom stereocenters. The Hall–Kier alpha value is -3.07. The topological polar surface area (TPSA) is 100 Å². The Morgan fingerprint density at radius 1 is 1.18 bits per heavy atom. The number of aromatic nitrogens is 3. The van der Waals surface area contributed by atoms with Crippen LogP contribution in [0, 0.1) is 0 Å². The lowest BCUT2D eigenvalue weighted by molar-refractivity contribution is 0.0787. The van der Waals surface area contributed by atoms with Gasteiger partial charge in [-0.15, -0.1) is 0 Å². The Morgan fingerprint density at radius 2 is 1.89 bits per heavy atom. The van der Waals surface area contributed by atoms with Crippen molar-refractivity contribution in [2.45, 2.75) is 17.7 Å². The standard InChI is InChI=1S/C19H21N5O3S/c1-23-13-16(14-7-3-2-4-8-14)18(21-23)22-28(26,27)15-11-17(20-12-15)19(25)24-9-5-6-10-24/h2-4,7-8,11-13,20H,5-6,9-10H2,1H3,(H,21,22). The molecule has 0 unspecified atom stereocenters. The summed E-state index contributed by atoms with van der Waals surface area (Å²) in [5, 5.41) is 4.24. The van der Waals surface area contributed by atoms with Crippen LogP contribution in [0.25, 0.3) is 11.1 Å². The number of aromatic amines is 1. The molecule has 2 aromatic heterocycles. The number of anilines is 1. The van der Waals surface area contributed by atoms with E-state index in [-0.39, 0.29) is 22.3 Å². The van der Waals surface area contributed by atoms with E-state index in [1.807, 2.05) is 30.3 Å². The molecule has 28 heavy (non-hydrogen) atoms. The lowest BCUT2D eigenvalue weighted by Gasteiger charge is -2.13. The number of rotatable bonds is 5. The molecule has 1 aromatic carbocycles. The van der Waals surface area contributed by atoms with Crippen molar-refractivity contribution >= 4 is 21.7 Å². The second-order valence-electron chi connectivity index (χ2n) is 6.78. The Morgan fingerprint density at radius 3 is 2.61 bits per heavy atom. The van der Waals surface area contributed by atoms with Gasteiger partial charge in [0, 0.05) is 38.1 Å². The predicted molar refractivity (Wildman–Crippen MR) is 105 cm³/mol. The zero-order chi connectivity index (χ0) is 19.7. The second-order valence-corrected chi connectivity index (χ2v) is 8.47. The van der Waals surface area contributed by atoms with Crippen molar-refractivity contribution in [3.05, 3.63) is 54.5 Å². The highest BCUT2D eigenvalue weighted by Gasteiger charge is 2.25. The number of amides is 1. The molecular weight excluding hydrogens is 378 g/mol. The molecule has 0 aliphatic carbocycles. The van der Waals surface area contributed by atoms with Crippen LogP contribution < -0.4 is 4.72 Å². The van der Waals surface area contributed by atoms with Crippen molar-refractivity contribution in [1.29, 1.82) is 0 Å². The normalized spacial score (nSPS) is 14.4. The molecule has 1 aliphatic rings. The van der Waals surface area contributed by atoms with E-state index in [1.54, 1.807) is 22.8 Å². The monoisotopic (exact) mass is 399 g/mol. The summed E-state index contributed by atoms with van der Waals surface area (Å²) < 4.78 is 29.8. The second kappa shape index (κ2) is 7.16. The summed E-state index contributed by atoms with van der Waals surface area (Å²) in [6.07, 6.45) is 5.03. The highest BCUT2D eigenvalue weighted by atomic mass is 32.2. The van der Waals surface area contributed by atoms with E-state index in [0.717, 1.165) is 18.4 Å². The molecule has 3 heterocycles. The average Bonchev–Trinajstić information content (AvgIpc) is 3.43. The minimum absolute atomic E-state index is 0.000267. The summed E-state index contributed by atoms with van der Waals surface area (Å²) in [5.74, 6) is 0.0593. The molecule has 0 bridgehead atoms. The third-order valence-electron chi connectivity index (χ3n) is 4.74. The molecule has 1 amide bonds. The van der Waals surface area contributed by atoms with Gasteiger partial charge < -0.3 is 9.88 Å². The van der Waals surface area contributed by atoms with Crippen molar-refractivity contribution in [2.24, 2.45) is 7.05 Å². The van der Waals surface area contributed by atoms with E-state index in [9.17, 15) is 13.2 Å². The van der Waals surface area contributed by atoms with Crippen LogP contribution in [-0.4, -0.2) is 47.1 Å². The lowest BCUT2D eigenvalue weighted by Crippen LogP contribution is -2.27. The summed E-state index contributed by atoms with van der Waals surface area (Å²) in [6.45, 7) is 1.40. The van der Waals surface area contributed by atoms with Gasteiger partial charge in [0.05, 0.1) is 0 Å². The number of nitrogens with zero attached hydrogens (tertiary/aromatic N) is 3. The SMILES string of the molecule is Cn1cc(-c2ccccc2)c(NS(=O)(=O)c2c[nH]c(C(=O)N3CCCC3)c2)n1. The molecule has 0 radical (unpaired) electrons. The van der Waals surface area contributed by atoms with Crippen LogP contribution in [0.1, 0.15) is 23.3 Å². The summed E-state index contributed by atoms with van der Waals surface area (Å²) in [5.41, 5.74) is 1.80. The number of hydrogen-bond donors (Lipinski definition) is 2. The van der Waals surface area contributed by atoms with Crippen LogP contribution in [0.5, 0.6) is 0 Å². The average molecular weight is 399 g/mol. The van der Waals surface area contributed by atoms with Crippen LogP contribution in [-0.2, 0) is 17.1 Å². The molecular formula is C19H21N5O3S. The first-order chi connectivity index (χ1) is 13.4. The quantitative estimate of drug-likeness (QED) is 0.688. The number of carbonyl (C=O) groups excluding carboxylic acids is 1.